The lowest BCUT2D eigenvalue weighted by Gasteiger charge is -2.31. The second-order valence-corrected chi connectivity index (χ2v) is 18.1. The highest BCUT2D eigenvalue weighted by molar-refractivity contribution is 7.26. The fraction of sp³-hybridized carbons (Fsp3) is 0. The molecule has 12 aromatic rings. The van der Waals surface area contributed by atoms with Gasteiger partial charge in [0.2, 0.25) is 0 Å². The summed E-state index contributed by atoms with van der Waals surface area (Å²) in [6.45, 7) is 0. The molecule has 2 nitrogen and oxygen atoms in total. The Bertz CT molecular complexity index is 3990. The standard InChI is InChI=1S/C56H32N2S2/c1-3-14-33(15-4-1)37-30-28-35-32-43(42-22-12-21-40-38-19-7-9-26-47(38)59-55(40)42)54-52-50(35)53(37)58(46-25-13-23-41-39-20-8-10-27-48(39)60-56(41)46)45-31-29-34-16-11-24-44(49(34)51(45)52)57(54)36-17-5-2-6-18-36/h1-32H. The van der Waals surface area contributed by atoms with Crippen molar-refractivity contribution < 1.29 is 0 Å². The molecule has 10 aromatic carbocycles. The number of hydrogen-bond donors (Lipinski definition) is 0. The van der Waals surface area contributed by atoms with Gasteiger partial charge in [-0.15, -0.1) is 22.7 Å². The highest BCUT2D eigenvalue weighted by Crippen LogP contribution is 2.55. The first kappa shape index (κ1) is 32.7. The largest absolute Gasteiger partial charge is 0.309 e. The van der Waals surface area contributed by atoms with Crippen molar-refractivity contribution in [1.82, 2.24) is 9.13 Å². The molecule has 14 rings (SSSR count). The van der Waals surface area contributed by atoms with Gasteiger partial charge in [0.05, 0.1) is 32.5 Å². The number of rotatable bonds is 4. The molecule has 4 heteroatoms. The Morgan fingerprint density at radius 3 is 1.80 bits per heavy atom. The molecule has 0 unspecified atom stereocenters. The molecule has 0 radical (unpaired) electrons. The average Bonchev–Trinajstić information content (AvgIpc) is 3.89. The van der Waals surface area contributed by atoms with Crippen LogP contribution < -0.4 is 0 Å². The quantitative estimate of drug-likeness (QED) is 0.124. The minimum Gasteiger partial charge on any atom is -0.309 e. The SMILES string of the molecule is c1ccc(-c2ccc3cc(-c4cccc5c4sc4ccccc45)c4c5c3c2n(-c2cccc3c2sc2ccccc23)c2ccc3cccc(c3c2-5)n4-c2ccccc2)cc1. The van der Waals surface area contributed by atoms with Crippen molar-refractivity contribution in [2.24, 2.45) is 0 Å². The molecule has 2 aromatic heterocycles. The first-order valence-corrected chi connectivity index (χ1v) is 22.1. The summed E-state index contributed by atoms with van der Waals surface area (Å²) in [4.78, 5) is 0. The highest BCUT2D eigenvalue weighted by atomic mass is 32.1. The Hall–Kier alpha value is -7.24. The minimum atomic E-state index is 1.15. The summed E-state index contributed by atoms with van der Waals surface area (Å²) < 4.78 is 10.4. The molecule has 0 bridgehead atoms. The molecule has 60 heavy (non-hydrogen) atoms. The maximum absolute atomic E-state index is 2.62. The number of benzene rings is 10. The number of para-hydroxylation sites is 1. The van der Waals surface area contributed by atoms with Gasteiger partial charge in [0.1, 0.15) is 0 Å². The van der Waals surface area contributed by atoms with Gasteiger partial charge >= 0.3 is 0 Å². The maximum Gasteiger partial charge on any atom is 0.0641 e. The van der Waals surface area contributed by atoms with Crippen LogP contribution in [0.25, 0.3) is 129 Å². The van der Waals surface area contributed by atoms with Gasteiger partial charge in [0.15, 0.2) is 0 Å². The molecule has 0 atom stereocenters. The van der Waals surface area contributed by atoms with E-state index >= 15 is 0 Å². The second kappa shape index (κ2) is 12.2. The van der Waals surface area contributed by atoms with Crippen molar-refractivity contribution in [3.8, 4) is 44.8 Å². The normalized spacial score (nSPS) is 12.3. The second-order valence-electron chi connectivity index (χ2n) is 15.9. The molecule has 0 amide bonds. The molecular formula is C56H32N2S2. The van der Waals surface area contributed by atoms with E-state index in [9.17, 15) is 0 Å². The lowest BCUT2D eigenvalue weighted by Crippen LogP contribution is -2.11. The Labute approximate surface area is 352 Å². The van der Waals surface area contributed by atoms with Crippen molar-refractivity contribution in [1.29, 1.82) is 0 Å². The van der Waals surface area contributed by atoms with Crippen LogP contribution in [0, 0.1) is 0 Å². The van der Waals surface area contributed by atoms with Crippen LogP contribution >= 0.6 is 22.7 Å². The van der Waals surface area contributed by atoms with Crippen molar-refractivity contribution in [2.75, 3.05) is 0 Å². The van der Waals surface area contributed by atoms with E-state index in [1.807, 2.05) is 22.7 Å². The van der Waals surface area contributed by atoms with Gasteiger partial charge in [-0.1, -0.05) is 146 Å². The van der Waals surface area contributed by atoms with Gasteiger partial charge in [-0.3, -0.25) is 0 Å². The van der Waals surface area contributed by atoms with Crippen LogP contribution in [-0.2, 0) is 0 Å². The molecule has 0 fully saturated rings. The third-order valence-electron chi connectivity index (χ3n) is 12.9. The van der Waals surface area contributed by atoms with Crippen molar-refractivity contribution in [2.45, 2.75) is 0 Å². The molecule has 2 aliphatic rings. The van der Waals surface area contributed by atoms with Gasteiger partial charge in [0.25, 0.3) is 0 Å². The number of thiophene rings is 2. The van der Waals surface area contributed by atoms with E-state index in [1.165, 1.54) is 123 Å². The van der Waals surface area contributed by atoms with Gasteiger partial charge in [-0.05, 0) is 64.9 Å². The van der Waals surface area contributed by atoms with E-state index in [-0.39, 0.29) is 0 Å². The summed E-state index contributed by atoms with van der Waals surface area (Å²) in [5.41, 5.74) is 14.8. The van der Waals surface area contributed by atoms with Gasteiger partial charge in [-0.25, -0.2) is 0 Å². The third-order valence-corrected chi connectivity index (χ3v) is 15.3. The molecule has 0 N–H and O–H groups in total. The molecule has 4 heterocycles. The lowest BCUT2D eigenvalue weighted by molar-refractivity contribution is 1.15. The van der Waals surface area contributed by atoms with E-state index in [1.54, 1.807) is 0 Å². The number of nitrogens with zero attached hydrogens (tertiary/aromatic N) is 2. The zero-order valence-electron chi connectivity index (χ0n) is 32.2. The lowest BCUT2D eigenvalue weighted by atomic mass is 9.83. The molecule has 0 aliphatic carbocycles. The third kappa shape index (κ3) is 4.31. The summed E-state index contributed by atoms with van der Waals surface area (Å²) in [6.07, 6.45) is 0. The number of hydrogen-bond acceptors (Lipinski definition) is 2. The molecule has 0 spiro atoms. The summed E-state index contributed by atoms with van der Waals surface area (Å²) in [7, 11) is 0. The topological polar surface area (TPSA) is 9.86 Å². The Kier molecular flexibility index (Phi) is 6.62. The van der Waals surface area contributed by atoms with Crippen LogP contribution in [0.4, 0.5) is 0 Å². The molecule has 2 aliphatic heterocycles. The van der Waals surface area contributed by atoms with E-state index in [4.69, 9.17) is 0 Å². The van der Waals surface area contributed by atoms with Crippen molar-refractivity contribution >= 4 is 107 Å². The zero-order valence-corrected chi connectivity index (χ0v) is 33.8. The average molecular weight is 797 g/mol. The van der Waals surface area contributed by atoms with Gasteiger partial charge in [-0.2, -0.15) is 0 Å². The minimum absolute atomic E-state index is 1.15. The fourth-order valence-corrected chi connectivity index (χ4v) is 12.8. The van der Waals surface area contributed by atoms with Crippen LogP contribution in [0.5, 0.6) is 0 Å². The molecule has 0 saturated heterocycles. The van der Waals surface area contributed by atoms with E-state index in [2.05, 4.69) is 203 Å². The molecule has 0 saturated carbocycles. The highest BCUT2D eigenvalue weighted by Gasteiger charge is 2.31. The van der Waals surface area contributed by atoms with Gasteiger partial charge in [0, 0.05) is 79.9 Å². The number of fused-ring (bicyclic) bond motifs is 6. The van der Waals surface area contributed by atoms with Crippen LogP contribution in [0.15, 0.2) is 194 Å². The summed E-state index contributed by atoms with van der Waals surface area (Å²) >= 11 is 3.80. The summed E-state index contributed by atoms with van der Waals surface area (Å²) in [5.74, 6) is 0. The fourth-order valence-electron chi connectivity index (χ4n) is 10.4. The van der Waals surface area contributed by atoms with Gasteiger partial charge < -0.3 is 9.13 Å². The monoisotopic (exact) mass is 796 g/mol. The summed E-state index contributed by atoms with van der Waals surface area (Å²) in [6, 6.07) is 72.4. The van der Waals surface area contributed by atoms with Crippen molar-refractivity contribution in [3.63, 3.8) is 0 Å². The van der Waals surface area contributed by atoms with Crippen LogP contribution in [0.2, 0.25) is 0 Å². The van der Waals surface area contributed by atoms with Crippen molar-refractivity contribution in [3.05, 3.63) is 194 Å². The Morgan fingerprint density at radius 1 is 0.350 bits per heavy atom. The van der Waals surface area contributed by atoms with E-state index in [0.29, 0.717) is 0 Å². The predicted molar refractivity (Wildman–Crippen MR) is 260 cm³/mol. The number of aromatic nitrogens is 2. The number of pyridine rings is 2. The van der Waals surface area contributed by atoms with Crippen LogP contribution in [0.3, 0.4) is 0 Å². The zero-order chi connectivity index (χ0) is 39.1. The van der Waals surface area contributed by atoms with Crippen LogP contribution in [0.1, 0.15) is 0 Å². The van der Waals surface area contributed by atoms with E-state index in [0.717, 1.165) is 5.69 Å². The first-order chi connectivity index (χ1) is 29.8. The predicted octanol–water partition coefficient (Wildman–Crippen LogP) is 16.5. The molecular weight excluding hydrogens is 765 g/mol. The van der Waals surface area contributed by atoms with Crippen LogP contribution in [-0.4, -0.2) is 9.13 Å². The maximum atomic E-state index is 2.62. The van der Waals surface area contributed by atoms with E-state index < -0.39 is 0 Å². The first-order valence-electron chi connectivity index (χ1n) is 20.5. The Morgan fingerprint density at radius 2 is 1.00 bits per heavy atom. The smallest absolute Gasteiger partial charge is 0.0641 e. The molecule has 278 valence electrons. The Balaban J connectivity index is 1.28. The summed E-state index contributed by atoms with van der Waals surface area (Å²) in [5, 5.41) is 10.3.